The Morgan fingerprint density at radius 1 is 0.875 bits per heavy atom. The van der Waals surface area contributed by atoms with Crippen LogP contribution in [0.1, 0.15) is 17.0 Å². The molecule has 0 saturated heterocycles. The Kier molecular flexibility index (Phi) is 4.95. The number of nitrogens with one attached hydrogen (secondary N) is 1. The van der Waals surface area contributed by atoms with Gasteiger partial charge in [-0.15, -0.1) is 0 Å². The van der Waals surface area contributed by atoms with Crippen LogP contribution in [0, 0.1) is 0 Å². The fraction of sp³-hybridized carbons (Fsp3) is 0.0870. The van der Waals surface area contributed by atoms with Gasteiger partial charge < -0.3 is 15.1 Å². The molecule has 0 atom stereocenters. The number of rotatable bonds is 6. The highest BCUT2D eigenvalue weighted by Crippen LogP contribution is 2.27. The summed E-state index contributed by atoms with van der Waals surface area (Å²) in [5.41, 5.74) is 8.98. The Morgan fingerprint density at radius 3 is 2.38 bits per heavy atom. The van der Waals surface area contributed by atoms with Gasteiger partial charge in [0.15, 0.2) is 21.2 Å². The Labute approximate surface area is 184 Å². The van der Waals surface area contributed by atoms with Gasteiger partial charge >= 0.3 is 0 Å². The third-order valence-electron chi connectivity index (χ3n) is 5.10. The number of benzene rings is 2. The number of aromatic amines is 1. The van der Waals surface area contributed by atoms with E-state index in [0.29, 0.717) is 45.3 Å². The van der Waals surface area contributed by atoms with Crippen LogP contribution in [0.5, 0.6) is 0 Å². The van der Waals surface area contributed by atoms with E-state index in [1.54, 1.807) is 48.7 Å². The molecule has 5 rings (SSSR count). The van der Waals surface area contributed by atoms with Gasteiger partial charge in [-0.2, -0.15) is 4.98 Å². The van der Waals surface area contributed by atoms with Crippen molar-refractivity contribution in [2.75, 3.05) is 5.73 Å². The Hall–Kier alpha value is -3.98. The second kappa shape index (κ2) is 7.93. The van der Waals surface area contributed by atoms with Crippen molar-refractivity contribution < 1.29 is 12.8 Å². The predicted octanol–water partition coefficient (Wildman–Crippen LogP) is 3.76. The van der Waals surface area contributed by atoms with E-state index >= 15 is 0 Å². The summed E-state index contributed by atoms with van der Waals surface area (Å²) in [7, 11) is -3.48. The van der Waals surface area contributed by atoms with E-state index in [-0.39, 0.29) is 11.7 Å². The smallest absolute Gasteiger partial charge is 0.222 e. The summed E-state index contributed by atoms with van der Waals surface area (Å²) in [6, 6.07) is 19.4. The monoisotopic (exact) mass is 445 g/mol. The average Bonchev–Trinajstić information content (AvgIpc) is 3.45. The zero-order valence-electron chi connectivity index (χ0n) is 16.9. The van der Waals surface area contributed by atoms with Gasteiger partial charge in [0.25, 0.3) is 0 Å². The molecule has 0 radical (unpaired) electrons. The van der Waals surface area contributed by atoms with Crippen LogP contribution in [0.2, 0.25) is 0 Å². The molecule has 3 aromatic heterocycles. The number of hydrogen-bond acceptors (Lipinski definition) is 7. The normalized spacial score (nSPS) is 11.8. The van der Waals surface area contributed by atoms with Crippen LogP contribution in [-0.4, -0.2) is 28.4 Å². The Balaban J connectivity index is 1.50. The number of furan rings is 1. The van der Waals surface area contributed by atoms with E-state index in [1.807, 2.05) is 24.3 Å². The minimum Gasteiger partial charge on any atom is -0.463 e. The molecule has 8 nitrogen and oxygen atoms in total. The molecule has 0 amide bonds. The molecule has 5 aromatic rings. The number of H-pyrrole nitrogens is 1. The summed E-state index contributed by atoms with van der Waals surface area (Å²) in [6.07, 6.45) is 1.95. The van der Waals surface area contributed by atoms with E-state index < -0.39 is 9.84 Å². The molecular weight excluding hydrogens is 426 g/mol. The lowest BCUT2D eigenvalue weighted by molar-refractivity contribution is 0.580. The first-order valence-electron chi connectivity index (χ1n) is 9.90. The molecule has 0 aliphatic rings. The third-order valence-corrected chi connectivity index (χ3v) is 6.78. The summed E-state index contributed by atoms with van der Waals surface area (Å²) in [5.74, 6) is 1.17. The summed E-state index contributed by atoms with van der Waals surface area (Å²) < 4.78 is 31.3. The molecule has 0 aliphatic heterocycles. The lowest BCUT2D eigenvalue weighted by Gasteiger charge is -2.09. The van der Waals surface area contributed by atoms with E-state index in [1.165, 1.54) is 0 Å². The largest absolute Gasteiger partial charge is 0.463 e. The highest BCUT2D eigenvalue weighted by Gasteiger charge is 2.19. The minimum absolute atomic E-state index is 0.0938. The number of anilines is 1. The summed E-state index contributed by atoms with van der Waals surface area (Å²) in [4.78, 5) is 16.6. The van der Waals surface area contributed by atoms with E-state index in [4.69, 9.17) is 10.2 Å². The Morgan fingerprint density at radius 2 is 1.62 bits per heavy atom. The van der Waals surface area contributed by atoms with E-state index in [2.05, 4.69) is 19.9 Å². The lowest BCUT2D eigenvalue weighted by Crippen LogP contribution is -2.07. The molecule has 0 saturated carbocycles. The molecule has 32 heavy (non-hydrogen) atoms. The summed E-state index contributed by atoms with van der Waals surface area (Å²) >= 11 is 0. The average molecular weight is 446 g/mol. The molecule has 160 valence electrons. The molecule has 0 unspecified atom stereocenters. The molecule has 0 bridgehead atoms. The van der Waals surface area contributed by atoms with Crippen molar-refractivity contribution >= 4 is 26.9 Å². The van der Waals surface area contributed by atoms with Crippen molar-refractivity contribution in [2.24, 2.45) is 0 Å². The van der Waals surface area contributed by atoms with Crippen LogP contribution < -0.4 is 5.73 Å². The maximum atomic E-state index is 12.9. The number of sulfone groups is 1. The number of hydrogen-bond donors (Lipinski definition) is 2. The van der Waals surface area contributed by atoms with Gasteiger partial charge in [0.1, 0.15) is 17.0 Å². The van der Waals surface area contributed by atoms with Crippen molar-refractivity contribution in [1.82, 2.24) is 19.9 Å². The molecule has 9 heteroatoms. The van der Waals surface area contributed by atoms with Gasteiger partial charge in [-0.1, -0.05) is 42.5 Å². The zero-order valence-corrected chi connectivity index (χ0v) is 17.7. The first kappa shape index (κ1) is 20.0. The number of imidazole rings is 1. The highest BCUT2D eigenvalue weighted by molar-refractivity contribution is 7.90. The van der Waals surface area contributed by atoms with Crippen molar-refractivity contribution in [3.05, 3.63) is 89.9 Å². The second-order valence-electron chi connectivity index (χ2n) is 7.31. The van der Waals surface area contributed by atoms with Gasteiger partial charge in [-0.3, -0.25) is 0 Å². The highest BCUT2D eigenvalue weighted by atomic mass is 32.2. The van der Waals surface area contributed by atoms with Gasteiger partial charge in [0.2, 0.25) is 5.95 Å². The quantitative estimate of drug-likeness (QED) is 0.407. The molecule has 0 fully saturated rings. The third kappa shape index (κ3) is 3.85. The lowest BCUT2D eigenvalue weighted by atomic mass is 10.1. The van der Waals surface area contributed by atoms with E-state index in [9.17, 15) is 8.42 Å². The van der Waals surface area contributed by atoms with Gasteiger partial charge in [0, 0.05) is 6.42 Å². The molecule has 0 aliphatic carbocycles. The maximum Gasteiger partial charge on any atom is 0.222 e. The first-order chi connectivity index (χ1) is 15.5. The second-order valence-corrected chi connectivity index (χ2v) is 9.30. The summed E-state index contributed by atoms with van der Waals surface area (Å²) in [6.45, 7) is 0. The summed E-state index contributed by atoms with van der Waals surface area (Å²) in [5, 5.41) is 0. The van der Waals surface area contributed by atoms with Crippen LogP contribution in [-0.2, 0) is 22.0 Å². The van der Waals surface area contributed by atoms with Crippen LogP contribution >= 0.6 is 0 Å². The number of fused-ring (bicyclic) bond motifs is 1. The van der Waals surface area contributed by atoms with Crippen LogP contribution in [0.15, 0.2) is 82.3 Å². The zero-order chi connectivity index (χ0) is 22.1. The van der Waals surface area contributed by atoms with E-state index in [0.717, 1.165) is 5.56 Å². The van der Waals surface area contributed by atoms with Crippen LogP contribution in [0.4, 0.5) is 5.95 Å². The topological polar surface area (TPSA) is 128 Å². The van der Waals surface area contributed by atoms with Crippen molar-refractivity contribution in [2.45, 2.75) is 17.1 Å². The molecule has 3 N–H and O–H groups in total. The van der Waals surface area contributed by atoms with Crippen molar-refractivity contribution in [3.63, 3.8) is 0 Å². The minimum atomic E-state index is -3.48. The van der Waals surface area contributed by atoms with Gasteiger partial charge in [-0.25, -0.2) is 18.4 Å². The number of nitrogens with zero attached hydrogens (tertiary/aromatic N) is 3. The number of aromatic nitrogens is 4. The SMILES string of the molecule is Nc1nc(-c2ccco2)c2[nH]c(Cc3ccccc3CS(=O)(=O)c3ccccc3)nc2n1. The Bertz CT molecular complexity index is 1490. The molecule has 2 aromatic carbocycles. The molecule has 3 heterocycles. The first-order valence-corrected chi connectivity index (χ1v) is 11.6. The number of nitrogen functional groups attached to an aromatic ring is 1. The molecular formula is C23H19N5O3S. The maximum absolute atomic E-state index is 12.9. The standard InChI is InChI=1S/C23H19N5O3S/c24-23-27-20(18-11-6-12-31-18)21-22(28-23)26-19(25-21)13-15-7-4-5-8-16(15)14-32(29,30)17-9-2-1-3-10-17/h1-12H,13-14H2,(H3,24,25,26,27,28). The van der Waals surface area contributed by atoms with Gasteiger partial charge in [0.05, 0.1) is 16.9 Å². The van der Waals surface area contributed by atoms with Gasteiger partial charge in [-0.05, 0) is 35.4 Å². The fourth-order valence-electron chi connectivity index (χ4n) is 3.60. The predicted molar refractivity (Wildman–Crippen MR) is 120 cm³/mol. The number of nitrogens with two attached hydrogens (primary N) is 1. The van der Waals surface area contributed by atoms with Crippen molar-refractivity contribution in [3.8, 4) is 11.5 Å². The van der Waals surface area contributed by atoms with Crippen molar-refractivity contribution in [1.29, 1.82) is 0 Å². The molecule has 0 spiro atoms. The van der Waals surface area contributed by atoms with Crippen LogP contribution in [0.25, 0.3) is 22.6 Å². The fourth-order valence-corrected chi connectivity index (χ4v) is 5.03. The van der Waals surface area contributed by atoms with Crippen LogP contribution in [0.3, 0.4) is 0 Å².